The van der Waals surface area contributed by atoms with Crippen molar-refractivity contribution in [1.29, 1.82) is 0 Å². The molecule has 6 rings (SSSR count). The van der Waals surface area contributed by atoms with Gasteiger partial charge in [0.2, 0.25) is 0 Å². The Kier molecular flexibility index (Phi) is 8.22. The van der Waals surface area contributed by atoms with Gasteiger partial charge in [0.25, 0.3) is 0 Å². The standard InChI is InChI=1S/C34H30N4O6/c1-3-41-29-19-21(33-35-23-9-5-6-10-24(23)36-33)13-15-27(29)43-31(39)17-18-32(40)44-28-16-14-22(20-30(28)42-4-2)34-37-25-11-7-8-12-26(25)38-34/h5-16,19-20H,3-4,17-18H2,1-2H3,(H,35,36)(H,37,38). The van der Waals surface area contributed by atoms with Crippen LogP contribution in [0.4, 0.5) is 0 Å². The lowest BCUT2D eigenvalue weighted by Crippen LogP contribution is -2.15. The number of H-pyrrole nitrogens is 2. The van der Waals surface area contributed by atoms with E-state index in [1.165, 1.54) is 0 Å². The van der Waals surface area contributed by atoms with Crippen LogP contribution >= 0.6 is 0 Å². The van der Waals surface area contributed by atoms with Gasteiger partial charge in [0, 0.05) is 11.1 Å². The van der Waals surface area contributed by atoms with Gasteiger partial charge in [-0.2, -0.15) is 0 Å². The summed E-state index contributed by atoms with van der Waals surface area (Å²) >= 11 is 0. The Morgan fingerprint density at radius 1 is 0.591 bits per heavy atom. The van der Waals surface area contributed by atoms with Crippen molar-refractivity contribution in [3.8, 4) is 45.8 Å². The van der Waals surface area contributed by atoms with Crippen molar-refractivity contribution in [3.63, 3.8) is 0 Å². The van der Waals surface area contributed by atoms with Crippen molar-refractivity contribution < 1.29 is 28.5 Å². The second-order valence-electron chi connectivity index (χ2n) is 9.84. The van der Waals surface area contributed by atoms with Crippen LogP contribution in [-0.2, 0) is 9.59 Å². The molecule has 0 spiro atoms. The van der Waals surface area contributed by atoms with Gasteiger partial charge in [-0.05, 0) is 74.5 Å². The van der Waals surface area contributed by atoms with Crippen LogP contribution < -0.4 is 18.9 Å². The van der Waals surface area contributed by atoms with Crippen LogP contribution in [0, 0.1) is 0 Å². The minimum atomic E-state index is -0.593. The number of carbonyl (C=O) groups excluding carboxylic acids is 2. The number of imidazole rings is 2. The number of carbonyl (C=O) groups is 2. The third-order valence-electron chi connectivity index (χ3n) is 6.79. The molecule has 6 aromatic rings. The zero-order valence-electron chi connectivity index (χ0n) is 24.3. The summed E-state index contributed by atoms with van der Waals surface area (Å²) in [5.74, 6) is 1.46. The van der Waals surface area contributed by atoms with Crippen molar-refractivity contribution in [2.75, 3.05) is 13.2 Å². The second-order valence-corrected chi connectivity index (χ2v) is 9.84. The molecule has 0 bridgehead atoms. The molecule has 0 atom stereocenters. The Labute approximate surface area is 253 Å². The molecule has 0 fully saturated rings. The van der Waals surface area contributed by atoms with E-state index in [-0.39, 0.29) is 24.3 Å². The van der Waals surface area contributed by atoms with E-state index in [0.29, 0.717) is 36.4 Å². The molecule has 0 aliphatic heterocycles. The van der Waals surface area contributed by atoms with Crippen molar-refractivity contribution in [3.05, 3.63) is 84.9 Å². The Balaban J connectivity index is 1.09. The largest absolute Gasteiger partial charge is 0.490 e. The van der Waals surface area contributed by atoms with Crippen molar-refractivity contribution >= 4 is 34.0 Å². The predicted molar refractivity (Wildman–Crippen MR) is 166 cm³/mol. The number of nitrogens with zero attached hydrogens (tertiary/aromatic N) is 2. The number of rotatable bonds is 11. The van der Waals surface area contributed by atoms with E-state index < -0.39 is 11.9 Å². The van der Waals surface area contributed by atoms with Crippen LogP contribution in [-0.4, -0.2) is 45.1 Å². The molecular formula is C34H30N4O6. The summed E-state index contributed by atoms with van der Waals surface area (Å²) in [5.41, 5.74) is 5.09. The van der Waals surface area contributed by atoms with Crippen molar-refractivity contribution in [2.45, 2.75) is 26.7 Å². The lowest BCUT2D eigenvalue weighted by molar-refractivity contribution is -0.140. The van der Waals surface area contributed by atoms with Gasteiger partial charge in [0.15, 0.2) is 23.0 Å². The Morgan fingerprint density at radius 3 is 1.43 bits per heavy atom. The number of aromatic amines is 2. The molecule has 0 aliphatic carbocycles. The predicted octanol–water partition coefficient (Wildman–Crippen LogP) is 6.86. The topological polar surface area (TPSA) is 128 Å². The highest BCUT2D eigenvalue weighted by molar-refractivity contribution is 5.83. The van der Waals surface area contributed by atoms with Crippen LogP contribution in [0.3, 0.4) is 0 Å². The molecule has 0 saturated heterocycles. The first-order valence-corrected chi connectivity index (χ1v) is 14.4. The Morgan fingerprint density at radius 2 is 1.02 bits per heavy atom. The number of benzene rings is 4. The Hall–Kier alpha value is -5.64. The van der Waals surface area contributed by atoms with Gasteiger partial charge < -0.3 is 28.9 Å². The average molecular weight is 591 g/mol. The van der Waals surface area contributed by atoms with E-state index in [4.69, 9.17) is 18.9 Å². The van der Waals surface area contributed by atoms with Gasteiger partial charge in [-0.1, -0.05) is 24.3 Å². The van der Waals surface area contributed by atoms with E-state index in [9.17, 15) is 9.59 Å². The van der Waals surface area contributed by atoms with E-state index >= 15 is 0 Å². The van der Waals surface area contributed by atoms with Crippen LogP contribution in [0.1, 0.15) is 26.7 Å². The second kappa shape index (κ2) is 12.7. The fourth-order valence-corrected chi connectivity index (χ4v) is 4.75. The lowest BCUT2D eigenvalue weighted by Gasteiger charge is -2.13. The fraction of sp³-hybridized carbons (Fsp3) is 0.176. The zero-order chi connectivity index (χ0) is 30.5. The zero-order valence-corrected chi connectivity index (χ0v) is 24.3. The summed E-state index contributed by atoms with van der Waals surface area (Å²) < 4.78 is 22.6. The fourth-order valence-electron chi connectivity index (χ4n) is 4.75. The quantitative estimate of drug-likeness (QED) is 0.124. The van der Waals surface area contributed by atoms with Crippen LogP contribution in [0.15, 0.2) is 84.9 Å². The van der Waals surface area contributed by atoms with Gasteiger partial charge in [-0.15, -0.1) is 0 Å². The third kappa shape index (κ3) is 6.24. The van der Waals surface area contributed by atoms with Gasteiger partial charge in [0.1, 0.15) is 11.6 Å². The minimum Gasteiger partial charge on any atom is -0.490 e. The summed E-state index contributed by atoms with van der Waals surface area (Å²) in [4.78, 5) is 41.2. The molecule has 0 unspecified atom stereocenters. The Bertz CT molecular complexity index is 1750. The number of aromatic nitrogens is 4. The summed E-state index contributed by atoms with van der Waals surface area (Å²) in [6.07, 6.45) is -0.368. The molecule has 222 valence electrons. The van der Waals surface area contributed by atoms with E-state index in [1.807, 2.05) is 62.4 Å². The maximum Gasteiger partial charge on any atom is 0.311 e. The molecule has 44 heavy (non-hydrogen) atoms. The molecule has 2 N–H and O–H groups in total. The van der Waals surface area contributed by atoms with E-state index in [0.717, 1.165) is 33.2 Å². The monoisotopic (exact) mass is 590 g/mol. The maximum absolute atomic E-state index is 12.7. The maximum atomic E-state index is 12.7. The minimum absolute atomic E-state index is 0.184. The van der Waals surface area contributed by atoms with Crippen LogP contribution in [0.2, 0.25) is 0 Å². The molecular weight excluding hydrogens is 560 g/mol. The van der Waals surface area contributed by atoms with Gasteiger partial charge in [0.05, 0.1) is 48.1 Å². The highest BCUT2D eigenvalue weighted by Crippen LogP contribution is 2.34. The summed E-state index contributed by atoms with van der Waals surface area (Å²) in [5, 5.41) is 0. The van der Waals surface area contributed by atoms with Gasteiger partial charge in [-0.25, -0.2) is 9.97 Å². The van der Waals surface area contributed by atoms with Crippen LogP contribution in [0.25, 0.3) is 44.8 Å². The van der Waals surface area contributed by atoms with E-state index in [2.05, 4.69) is 19.9 Å². The number of esters is 2. The van der Waals surface area contributed by atoms with E-state index in [1.54, 1.807) is 36.4 Å². The van der Waals surface area contributed by atoms with Crippen molar-refractivity contribution in [1.82, 2.24) is 19.9 Å². The number of hydrogen-bond acceptors (Lipinski definition) is 8. The number of nitrogens with one attached hydrogen (secondary N) is 2. The molecule has 0 radical (unpaired) electrons. The number of ether oxygens (including phenoxy) is 4. The molecule has 2 heterocycles. The molecule has 2 aromatic heterocycles. The summed E-state index contributed by atoms with van der Waals surface area (Å²) in [6, 6.07) is 25.9. The lowest BCUT2D eigenvalue weighted by atomic mass is 10.2. The smallest absolute Gasteiger partial charge is 0.311 e. The van der Waals surface area contributed by atoms with Gasteiger partial charge in [-0.3, -0.25) is 9.59 Å². The molecule has 10 nitrogen and oxygen atoms in total. The molecule has 0 aliphatic rings. The number of hydrogen-bond donors (Lipinski definition) is 2. The molecule has 10 heteroatoms. The SMILES string of the molecule is CCOc1cc(-c2nc3ccccc3[nH]2)ccc1OC(=O)CCC(=O)Oc1ccc(-c2nc3ccccc3[nH]2)cc1OCC. The van der Waals surface area contributed by atoms with Crippen LogP contribution in [0.5, 0.6) is 23.0 Å². The van der Waals surface area contributed by atoms with Gasteiger partial charge >= 0.3 is 11.9 Å². The average Bonchev–Trinajstić information content (AvgIpc) is 3.67. The first kappa shape index (κ1) is 28.5. The highest BCUT2D eigenvalue weighted by Gasteiger charge is 2.18. The third-order valence-corrected chi connectivity index (χ3v) is 6.79. The number of fused-ring (bicyclic) bond motifs is 2. The normalized spacial score (nSPS) is 11.0. The number of para-hydroxylation sites is 4. The molecule has 4 aromatic carbocycles. The summed E-state index contributed by atoms with van der Waals surface area (Å²) in [6.45, 7) is 4.43. The molecule has 0 saturated carbocycles. The first-order chi connectivity index (χ1) is 21.5. The highest BCUT2D eigenvalue weighted by atomic mass is 16.6. The molecule has 0 amide bonds. The summed E-state index contributed by atoms with van der Waals surface area (Å²) in [7, 11) is 0. The first-order valence-electron chi connectivity index (χ1n) is 14.4. The van der Waals surface area contributed by atoms with Crippen molar-refractivity contribution in [2.24, 2.45) is 0 Å².